The number of methoxy groups -OCH3 is 1. The lowest BCUT2D eigenvalue weighted by Gasteiger charge is -2.36. The standard InChI is InChI=1S/C21H29N5O2S/c1-14-4-7-16(8-5-14)25(17-9-10-17)20(27)13-29-21-22-23-24-26(21)18-12-15(2)6-11-19(18)28-3/h6,11-12,14,16-17H,4-5,7-10,13H2,1-3H3. The highest BCUT2D eigenvalue weighted by atomic mass is 32.2. The first-order chi connectivity index (χ1) is 14.1. The SMILES string of the molecule is COc1ccc(C)cc1-n1nnnc1SCC(=O)N(C1CCC(C)CC1)C1CC1. The molecule has 0 atom stereocenters. The lowest BCUT2D eigenvalue weighted by Crippen LogP contribution is -2.44. The van der Waals surface area contributed by atoms with E-state index < -0.39 is 0 Å². The Labute approximate surface area is 176 Å². The van der Waals surface area contributed by atoms with E-state index >= 15 is 0 Å². The second-order valence-electron chi connectivity index (χ2n) is 8.28. The maximum Gasteiger partial charge on any atom is 0.233 e. The predicted molar refractivity (Wildman–Crippen MR) is 112 cm³/mol. The van der Waals surface area contributed by atoms with E-state index in [-0.39, 0.29) is 5.91 Å². The minimum Gasteiger partial charge on any atom is -0.494 e. The van der Waals surface area contributed by atoms with Crippen LogP contribution in [0.2, 0.25) is 0 Å². The summed E-state index contributed by atoms with van der Waals surface area (Å²) in [5.74, 6) is 2.05. The largest absolute Gasteiger partial charge is 0.494 e. The Bertz CT molecular complexity index is 859. The number of nitrogens with zero attached hydrogens (tertiary/aromatic N) is 5. The summed E-state index contributed by atoms with van der Waals surface area (Å²) in [6.07, 6.45) is 6.99. The zero-order valence-corrected chi connectivity index (χ0v) is 18.2. The van der Waals surface area contributed by atoms with Crippen LogP contribution in [0.4, 0.5) is 0 Å². The van der Waals surface area contributed by atoms with E-state index in [1.807, 2.05) is 25.1 Å². The number of carbonyl (C=O) groups is 1. The minimum atomic E-state index is 0.211. The summed E-state index contributed by atoms with van der Waals surface area (Å²) in [5, 5.41) is 12.7. The molecule has 7 nitrogen and oxygen atoms in total. The van der Waals surface area contributed by atoms with Gasteiger partial charge >= 0.3 is 0 Å². The number of aryl methyl sites for hydroxylation is 1. The Kier molecular flexibility index (Phi) is 6.08. The van der Waals surface area contributed by atoms with Crippen molar-refractivity contribution in [2.24, 2.45) is 5.92 Å². The van der Waals surface area contributed by atoms with Gasteiger partial charge in [0, 0.05) is 12.1 Å². The number of tetrazole rings is 1. The van der Waals surface area contributed by atoms with Crippen LogP contribution < -0.4 is 4.74 Å². The Morgan fingerprint density at radius 3 is 2.55 bits per heavy atom. The molecule has 1 heterocycles. The van der Waals surface area contributed by atoms with E-state index in [0.717, 1.165) is 42.9 Å². The molecule has 156 valence electrons. The molecular weight excluding hydrogens is 386 g/mol. The molecule has 2 aliphatic carbocycles. The van der Waals surface area contributed by atoms with E-state index in [1.165, 1.54) is 24.6 Å². The Balaban J connectivity index is 1.46. The highest BCUT2D eigenvalue weighted by Crippen LogP contribution is 2.36. The molecule has 1 amide bonds. The molecule has 2 aromatic rings. The number of hydrogen-bond donors (Lipinski definition) is 0. The lowest BCUT2D eigenvalue weighted by molar-refractivity contribution is -0.132. The first-order valence-electron chi connectivity index (χ1n) is 10.4. The smallest absolute Gasteiger partial charge is 0.233 e. The average molecular weight is 416 g/mol. The lowest BCUT2D eigenvalue weighted by atomic mass is 9.86. The van der Waals surface area contributed by atoms with Crippen LogP contribution in [0.5, 0.6) is 5.75 Å². The molecular formula is C21H29N5O2S. The number of amides is 1. The normalized spacial score (nSPS) is 21.8. The summed E-state index contributed by atoms with van der Waals surface area (Å²) in [4.78, 5) is 15.3. The van der Waals surface area contributed by atoms with Crippen LogP contribution in [-0.2, 0) is 4.79 Å². The Hall–Kier alpha value is -2.09. The molecule has 2 aliphatic rings. The van der Waals surface area contributed by atoms with Crippen molar-refractivity contribution in [2.75, 3.05) is 12.9 Å². The molecule has 0 saturated heterocycles. The van der Waals surface area contributed by atoms with E-state index in [9.17, 15) is 4.79 Å². The molecule has 0 radical (unpaired) electrons. The molecule has 2 fully saturated rings. The monoisotopic (exact) mass is 415 g/mol. The third-order valence-corrected chi connectivity index (χ3v) is 6.84. The van der Waals surface area contributed by atoms with Crippen LogP contribution in [0.25, 0.3) is 5.69 Å². The van der Waals surface area contributed by atoms with Crippen LogP contribution in [-0.4, -0.2) is 56.0 Å². The quantitative estimate of drug-likeness (QED) is 0.643. The highest BCUT2D eigenvalue weighted by molar-refractivity contribution is 7.99. The second kappa shape index (κ2) is 8.73. The number of thioether (sulfide) groups is 1. The number of aromatic nitrogens is 4. The molecule has 1 aromatic heterocycles. The fourth-order valence-electron chi connectivity index (χ4n) is 4.17. The van der Waals surface area contributed by atoms with Crippen molar-refractivity contribution in [3.05, 3.63) is 23.8 Å². The van der Waals surface area contributed by atoms with Gasteiger partial charge in [-0.1, -0.05) is 24.8 Å². The van der Waals surface area contributed by atoms with Crippen LogP contribution >= 0.6 is 11.8 Å². The van der Waals surface area contributed by atoms with Gasteiger partial charge in [0.05, 0.1) is 12.9 Å². The first kappa shape index (κ1) is 20.2. The summed E-state index contributed by atoms with van der Waals surface area (Å²) < 4.78 is 7.13. The molecule has 8 heteroatoms. The summed E-state index contributed by atoms with van der Waals surface area (Å²) >= 11 is 1.40. The molecule has 29 heavy (non-hydrogen) atoms. The Morgan fingerprint density at radius 1 is 1.21 bits per heavy atom. The molecule has 0 aliphatic heterocycles. The maximum absolute atomic E-state index is 13.1. The summed E-state index contributed by atoms with van der Waals surface area (Å²) in [5.41, 5.74) is 1.88. The van der Waals surface area contributed by atoms with Crippen molar-refractivity contribution < 1.29 is 9.53 Å². The predicted octanol–water partition coefficient (Wildman–Crippen LogP) is 3.64. The van der Waals surface area contributed by atoms with E-state index in [1.54, 1.807) is 11.8 Å². The van der Waals surface area contributed by atoms with Crippen LogP contribution in [0.1, 0.15) is 51.0 Å². The van der Waals surface area contributed by atoms with Gasteiger partial charge in [-0.25, -0.2) is 0 Å². The summed E-state index contributed by atoms with van der Waals surface area (Å²) in [7, 11) is 1.63. The van der Waals surface area contributed by atoms with E-state index in [4.69, 9.17) is 4.74 Å². The fourth-order valence-corrected chi connectivity index (χ4v) is 4.92. The van der Waals surface area contributed by atoms with Crippen molar-refractivity contribution in [2.45, 2.75) is 69.6 Å². The van der Waals surface area contributed by atoms with Crippen molar-refractivity contribution in [1.29, 1.82) is 0 Å². The summed E-state index contributed by atoms with van der Waals surface area (Å²) in [6.45, 7) is 4.33. The van der Waals surface area contributed by atoms with Gasteiger partial charge in [-0.3, -0.25) is 4.79 Å². The molecule has 0 unspecified atom stereocenters. The van der Waals surface area contributed by atoms with Gasteiger partial charge in [0.25, 0.3) is 0 Å². The van der Waals surface area contributed by atoms with Crippen LogP contribution in [0, 0.1) is 12.8 Å². The van der Waals surface area contributed by atoms with E-state index in [0.29, 0.717) is 28.7 Å². The van der Waals surface area contributed by atoms with Gasteiger partial charge in [-0.05, 0) is 79.5 Å². The third kappa shape index (κ3) is 4.57. The number of hydrogen-bond acceptors (Lipinski definition) is 6. The molecule has 2 saturated carbocycles. The molecule has 0 bridgehead atoms. The van der Waals surface area contributed by atoms with Crippen LogP contribution in [0.3, 0.4) is 0 Å². The van der Waals surface area contributed by atoms with Crippen molar-refractivity contribution in [3.63, 3.8) is 0 Å². The zero-order valence-electron chi connectivity index (χ0n) is 17.4. The molecule has 4 rings (SSSR count). The average Bonchev–Trinajstić information content (AvgIpc) is 3.44. The van der Waals surface area contributed by atoms with Crippen molar-refractivity contribution in [1.82, 2.24) is 25.1 Å². The maximum atomic E-state index is 13.1. The topological polar surface area (TPSA) is 73.1 Å². The van der Waals surface area contributed by atoms with Gasteiger partial charge in [0.15, 0.2) is 0 Å². The molecule has 1 aromatic carbocycles. The van der Waals surface area contributed by atoms with Crippen molar-refractivity contribution >= 4 is 17.7 Å². The summed E-state index contributed by atoms with van der Waals surface area (Å²) in [6, 6.07) is 6.72. The fraction of sp³-hybridized carbons (Fsp3) is 0.619. The third-order valence-electron chi connectivity index (χ3n) is 5.94. The highest BCUT2D eigenvalue weighted by Gasteiger charge is 2.38. The number of ether oxygens (including phenoxy) is 1. The number of rotatable bonds is 7. The van der Waals surface area contributed by atoms with Crippen LogP contribution in [0.15, 0.2) is 23.4 Å². The Morgan fingerprint density at radius 2 is 1.90 bits per heavy atom. The first-order valence-corrected chi connectivity index (χ1v) is 11.4. The zero-order chi connectivity index (χ0) is 20.4. The van der Waals surface area contributed by atoms with Gasteiger partial charge in [-0.2, -0.15) is 4.68 Å². The van der Waals surface area contributed by atoms with Crippen molar-refractivity contribution in [3.8, 4) is 11.4 Å². The number of carbonyl (C=O) groups excluding carboxylic acids is 1. The van der Waals surface area contributed by atoms with Gasteiger partial charge < -0.3 is 9.64 Å². The number of benzene rings is 1. The van der Waals surface area contributed by atoms with Gasteiger partial charge in [-0.15, -0.1) is 5.10 Å². The van der Waals surface area contributed by atoms with Gasteiger partial charge in [0.1, 0.15) is 11.4 Å². The van der Waals surface area contributed by atoms with Gasteiger partial charge in [0.2, 0.25) is 11.1 Å². The minimum absolute atomic E-state index is 0.211. The molecule has 0 N–H and O–H groups in total. The van der Waals surface area contributed by atoms with E-state index in [2.05, 4.69) is 27.3 Å². The second-order valence-corrected chi connectivity index (χ2v) is 9.23. The molecule has 0 spiro atoms.